The number of rotatable bonds is 5. The van der Waals surface area contributed by atoms with Crippen LogP contribution in [-0.2, 0) is 27.3 Å². The van der Waals surface area contributed by atoms with Crippen molar-refractivity contribution in [3.05, 3.63) is 71.4 Å². The molecule has 1 heterocycles. The van der Waals surface area contributed by atoms with Crippen molar-refractivity contribution in [2.45, 2.75) is 13.5 Å². The molecule has 0 aliphatic rings. The summed E-state index contributed by atoms with van der Waals surface area (Å²) in [6.45, 7) is 1.73. The molecule has 4 rings (SSSR count). The first-order valence-electron chi connectivity index (χ1n) is 9.14. The number of aromatic nitrogens is 1. The minimum Gasteiger partial charge on any atom is -0.755 e. The molecular weight excluding hydrogens is 424 g/mol. The van der Waals surface area contributed by atoms with Gasteiger partial charge in [-0.2, -0.15) is 0 Å². The Kier molecular flexibility index (Phi) is 5.51. The lowest BCUT2D eigenvalue weighted by molar-refractivity contribution is -0.141. The second-order valence-electron chi connectivity index (χ2n) is 6.80. The fourth-order valence-corrected chi connectivity index (χ4v) is 4.52. The van der Waals surface area contributed by atoms with Crippen molar-refractivity contribution in [2.75, 3.05) is 11.4 Å². The van der Waals surface area contributed by atoms with Gasteiger partial charge in [0, 0.05) is 16.1 Å². The van der Waals surface area contributed by atoms with Gasteiger partial charge >= 0.3 is 5.97 Å². The first kappa shape index (κ1) is 20.4. The van der Waals surface area contributed by atoms with Crippen molar-refractivity contribution in [3.8, 4) is 0 Å². The number of benzene rings is 3. The molecule has 0 fully saturated rings. The summed E-state index contributed by atoms with van der Waals surface area (Å²) in [6, 6.07) is 18.3. The monoisotopic (exact) mass is 441 g/mol. The number of halogens is 1. The van der Waals surface area contributed by atoms with E-state index in [0.717, 1.165) is 10.8 Å². The molecule has 1 unspecified atom stereocenters. The summed E-state index contributed by atoms with van der Waals surface area (Å²) >= 11 is 3.61. The third-order valence-electron chi connectivity index (χ3n) is 5.09. The van der Waals surface area contributed by atoms with Gasteiger partial charge in [-0.3, -0.25) is 13.3 Å². The second-order valence-corrected chi connectivity index (χ2v) is 8.04. The van der Waals surface area contributed by atoms with Gasteiger partial charge in [-0.15, -0.1) is 0 Å². The summed E-state index contributed by atoms with van der Waals surface area (Å²) in [5.74, 6) is -0.433. The second kappa shape index (κ2) is 8.10. The number of hydrogen-bond donors (Lipinski definition) is 0. The molecule has 1 aromatic heterocycles. The van der Waals surface area contributed by atoms with Crippen LogP contribution in [0.15, 0.2) is 60.7 Å². The minimum atomic E-state index is -2.61. The molecule has 0 bridgehead atoms. The maximum Gasteiger partial charge on any atom is 0.325 e. The van der Waals surface area contributed by atoms with E-state index in [-0.39, 0.29) is 6.54 Å². The average molecular weight is 442 g/mol. The summed E-state index contributed by atoms with van der Waals surface area (Å²) in [6.07, 6.45) is 0. The van der Waals surface area contributed by atoms with Gasteiger partial charge in [0.25, 0.3) is 0 Å². The zero-order valence-electron chi connectivity index (χ0n) is 16.3. The van der Waals surface area contributed by atoms with Crippen LogP contribution in [0.3, 0.4) is 0 Å². The van der Waals surface area contributed by atoms with Crippen molar-refractivity contribution in [3.63, 3.8) is 0 Å². The fourth-order valence-electron chi connectivity index (χ4n) is 3.68. The molecule has 0 saturated carbocycles. The summed E-state index contributed by atoms with van der Waals surface area (Å²) in [5, 5.41) is 3.01. The number of esters is 1. The molecule has 0 spiro atoms. The highest BCUT2D eigenvalue weighted by Crippen LogP contribution is 2.40. The van der Waals surface area contributed by atoms with Crippen LogP contribution < -0.4 is 4.31 Å². The lowest BCUT2D eigenvalue weighted by atomic mass is 10.1. The van der Waals surface area contributed by atoms with Gasteiger partial charge in [-0.05, 0) is 48.0 Å². The molecule has 0 N–H and O–H groups in total. The van der Waals surface area contributed by atoms with Crippen LogP contribution in [0.2, 0.25) is 5.02 Å². The highest BCUT2D eigenvalue weighted by atomic mass is 35.5. The number of nitrogens with zero attached hydrogens (tertiary/aromatic N) is 2. The molecule has 154 valence electrons. The van der Waals surface area contributed by atoms with E-state index in [1.165, 1.54) is 11.4 Å². The standard InChI is InChI=1S/C22H19ClN2O4S/c1-14-22(19-12-17(23)8-10-20(19)24(14)13-21(26)29-2)25(30(27)28)18-9-7-15-5-3-4-6-16(15)11-18/h3-12H,13H2,1-2H3,(H,27,28)/p-1. The Hall–Kier alpha value is -2.87. The molecule has 30 heavy (non-hydrogen) atoms. The minimum absolute atomic E-state index is 0.0441. The molecule has 8 heteroatoms. The maximum absolute atomic E-state index is 12.4. The summed E-state index contributed by atoms with van der Waals surface area (Å²) in [4.78, 5) is 12.0. The molecule has 1 atom stereocenters. The summed E-state index contributed by atoms with van der Waals surface area (Å²) < 4.78 is 32.6. The Balaban J connectivity index is 1.98. The van der Waals surface area contributed by atoms with Crippen LogP contribution in [0.4, 0.5) is 11.4 Å². The molecular formula is C22H18ClN2O4S-. The van der Waals surface area contributed by atoms with Crippen molar-refractivity contribution in [1.29, 1.82) is 0 Å². The van der Waals surface area contributed by atoms with Crippen molar-refractivity contribution in [2.24, 2.45) is 0 Å². The predicted octanol–water partition coefficient (Wildman–Crippen LogP) is 4.86. The van der Waals surface area contributed by atoms with E-state index in [1.807, 2.05) is 36.4 Å². The number of hydrogen-bond acceptors (Lipinski definition) is 4. The van der Waals surface area contributed by atoms with Crippen LogP contribution >= 0.6 is 11.6 Å². The molecule has 0 amide bonds. The van der Waals surface area contributed by atoms with Gasteiger partial charge in [0.1, 0.15) is 6.54 Å². The van der Waals surface area contributed by atoms with Crippen LogP contribution in [-0.4, -0.2) is 26.4 Å². The third kappa shape index (κ3) is 3.56. The van der Waals surface area contributed by atoms with Gasteiger partial charge < -0.3 is 13.9 Å². The van der Waals surface area contributed by atoms with Gasteiger partial charge in [-0.1, -0.05) is 41.9 Å². The molecule has 0 radical (unpaired) electrons. The molecule has 0 aliphatic heterocycles. The Morgan fingerprint density at radius 1 is 1.13 bits per heavy atom. The molecule has 0 saturated heterocycles. The lowest BCUT2D eigenvalue weighted by Gasteiger charge is -2.27. The highest BCUT2D eigenvalue weighted by molar-refractivity contribution is 7.81. The zero-order valence-corrected chi connectivity index (χ0v) is 17.9. The molecule has 6 nitrogen and oxygen atoms in total. The largest absolute Gasteiger partial charge is 0.755 e. The van der Waals surface area contributed by atoms with E-state index in [4.69, 9.17) is 16.3 Å². The van der Waals surface area contributed by atoms with Crippen LogP contribution in [0.5, 0.6) is 0 Å². The molecule has 4 aromatic rings. The average Bonchev–Trinajstić information content (AvgIpc) is 2.99. The van der Waals surface area contributed by atoms with E-state index in [9.17, 15) is 13.6 Å². The number of anilines is 2. The number of fused-ring (bicyclic) bond motifs is 2. The third-order valence-corrected chi connectivity index (χ3v) is 6.01. The summed E-state index contributed by atoms with van der Waals surface area (Å²) in [7, 11) is 1.31. The van der Waals surface area contributed by atoms with Gasteiger partial charge in [0.15, 0.2) is 0 Å². The normalized spacial score (nSPS) is 12.3. The number of carbonyl (C=O) groups is 1. The zero-order chi connectivity index (χ0) is 21.4. The van der Waals surface area contributed by atoms with Crippen LogP contribution in [0, 0.1) is 6.92 Å². The predicted molar refractivity (Wildman–Crippen MR) is 119 cm³/mol. The Morgan fingerprint density at radius 2 is 1.87 bits per heavy atom. The fraction of sp³-hybridized carbons (Fsp3) is 0.136. The smallest absolute Gasteiger partial charge is 0.325 e. The van der Waals surface area contributed by atoms with E-state index in [2.05, 4.69) is 0 Å². The van der Waals surface area contributed by atoms with Gasteiger partial charge in [0.2, 0.25) is 0 Å². The van der Waals surface area contributed by atoms with Crippen LogP contribution in [0.25, 0.3) is 21.7 Å². The maximum atomic E-state index is 12.4. The Bertz CT molecular complexity index is 1300. The summed E-state index contributed by atoms with van der Waals surface area (Å²) in [5.41, 5.74) is 2.23. The van der Waals surface area contributed by atoms with Gasteiger partial charge in [0.05, 0.1) is 35.3 Å². The van der Waals surface area contributed by atoms with Crippen molar-refractivity contribution < 1.29 is 18.3 Å². The number of carbonyl (C=O) groups excluding carboxylic acids is 1. The van der Waals surface area contributed by atoms with Crippen molar-refractivity contribution >= 4 is 61.9 Å². The topological polar surface area (TPSA) is 74.6 Å². The lowest BCUT2D eigenvalue weighted by Crippen LogP contribution is -2.21. The number of ether oxygens (including phenoxy) is 1. The quantitative estimate of drug-likeness (QED) is 0.327. The van der Waals surface area contributed by atoms with E-state index in [1.54, 1.807) is 35.8 Å². The Labute approximate surface area is 181 Å². The van der Waals surface area contributed by atoms with Crippen molar-refractivity contribution in [1.82, 2.24) is 4.57 Å². The SMILES string of the molecule is COC(=O)Cn1c(C)c(N(c2ccc3ccccc3c2)S(=O)[O-])c2cc(Cl)ccc21. The number of methoxy groups -OCH3 is 1. The van der Waals surface area contributed by atoms with Gasteiger partial charge in [-0.25, -0.2) is 0 Å². The van der Waals surface area contributed by atoms with Crippen LogP contribution in [0.1, 0.15) is 5.69 Å². The van der Waals surface area contributed by atoms with E-state index in [0.29, 0.717) is 33.0 Å². The Morgan fingerprint density at radius 3 is 2.57 bits per heavy atom. The molecule has 3 aromatic carbocycles. The first-order chi connectivity index (χ1) is 14.4. The van der Waals surface area contributed by atoms with E-state index >= 15 is 0 Å². The van der Waals surface area contributed by atoms with E-state index < -0.39 is 17.2 Å². The first-order valence-corrected chi connectivity index (χ1v) is 10.5. The molecule has 0 aliphatic carbocycles. The highest BCUT2D eigenvalue weighted by Gasteiger charge is 2.23.